The van der Waals surface area contributed by atoms with Crippen molar-refractivity contribution < 1.29 is 4.79 Å². The Balaban J connectivity index is 2.03. The maximum absolute atomic E-state index is 12.4. The molecule has 0 bridgehead atoms. The second-order valence-corrected chi connectivity index (χ2v) is 5.70. The molecule has 110 valence electrons. The second kappa shape index (κ2) is 6.95. The van der Waals surface area contributed by atoms with E-state index in [4.69, 9.17) is 11.6 Å². The van der Waals surface area contributed by atoms with E-state index in [1.807, 2.05) is 31.0 Å². The van der Waals surface area contributed by atoms with E-state index in [-0.39, 0.29) is 12.1 Å². The van der Waals surface area contributed by atoms with Gasteiger partial charge in [0.2, 0.25) is 0 Å². The number of carbonyl (C=O) groups is 1. The molecule has 0 radical (unpaired) electrons. The predicted molar refractivity (Wildman–Crippen MR) is 83.5 cm³/mol. The van der Waals surface area contributed by atoms with E-state index in [0.717, 1.165) is 37.2 Å². The smallest absolute Gasteiger partial charge is 0.320 e. The van der Waals surface area contributed by atoms with Gasteiger partial charge in [-0.3, -0.25) is 0 Å². The Hall–Kier alpha value is -1.26. The summed E-state index contributed by atoms with van der Waals surface area (Å²) < 4.78 is 0. The van der Waals surface area contributed by atoms with Crippen LogP contribution in [0, 0.1) is 6.92 Å². The van der Waals surface area contributed by atoms with Gasteiger partial charge < -0.3 is 15.5 Å². The maximum Gasteiger partial charge on any atom is 0.322 e. The molecule has 2 rings (SSSR count). The summed E-state index contributed by atoms with van der Waals surface area (Å²) >= 11 is 6.09. The van der Waals surface area contributed by atoms with Gasteiger partial charge in [-0.2, -0.15) is 0 Å². The zero-order chi connectivity index (χ0) is 14.5. The van der Waals surface area contributed by atoms with Crippen LogP contribution in [0.4, 0.5) is 10.5 Å². The molecule has 0 aromatic heterocycles. The Morgan fingerprint density at radius 3 is 2.95 bits per heavy atom. The third-order valence-electron chi connectivity index (χ3n) is 3.75. The highest BCUT2D eigenvalue weighted by molar-refractivity contribution is 6.31. The Bertz CT molecular complexity index is 476. The van der Waals surface area contributed by atoms with E-state index >= 15 is 0 Å². The van der Waals surface area contributed by atoms with Gasteiger partial charge in [-0.1, -0.05) is 17.7 Å². The van der Waals surface area contributed by atoms with Gasteiger partial charge in [0, 0.05) is 29.8 Å². The number of halogens is 1. The average molecular weight is 296 g/mol. The largest absolute Gasteiger partial charge is 0.322 e. The van der Waals surface area contributed by atoms with Crippen molar-refractivity contribution in [2.24, 2.45) is 0 Å². The first-order valence-corrected chi connectivity index (χ1v) is 7.48. The standard InChI is InChI=1S/C15H22ClN3O/c1-11-6-7-12(9-14(11)16)18-15(20)19-8-4-3-5-13(19)10-17-2/h6-7,9,13,17H,3-5,8,10H2,1-2H3,(H,18,20). The topological polar surface area (TPSA) is 44.4 Å². The van der Waals surface area contributed by atoms with E-state index in [1.165, 1.54) is 6.42 Å². The fraction of sp³-hybridized carbons (Fsp3) is 0.533. The van der Waals surface area contributed by atoms with Crippen LogP contribution in [0.25, 0.3) is 0 Å². The van der Waals surface area contributed by atoms with Gasteiger partial charge in [-0.25, -0.2) is 4.79 Å². The minimum absolute atomic E-state index is 0.0372. The summed E-state index contributed by atoms with van der Waals surface area (Å²) in [6.07, 6.45) is 3.32. The first-order valence-electron chi connectivity index (χ1n) is 7.10. The number of urea groups is 1. The Morgan fingerprint density at radius 2 is 2.25 bits per heavy atom. The highest BCUT2D eigenvalue weighted by Gasteiger charge is 2.26. The molecule has 20 heavy (non-hydrogen) atoms. The van der Waals surface area contributed by atoms with Crippen LogP contribution in [0.3, 0.4) is 0 Å². The van der Waals surface area contributed by atoms with Gasteiger partial charge in [0.05, 0.1) is 0 Å². The van der Waals surface area contributed by atoms with E-state index in [2.05, 4.69) is 10.6 Å². The molecule has 1 saturated heterocycles. The van der Waals surface area contributed by atoms with Crippen molar-refractivity contribution in [1.29, 1.82) is 0 Å². The monoisotopic (exact) mass is 295 g/mol. The highest BCUT2D eigenvalue weighted by atomic mass is 35.5. The number of hydrogen-bond acceptors (Lipinski definition) is 2. The Labute approximate surface area is 125 Å². The number of likely N-dealkylation sites (N-methyl/N-ethyl adjacent to an activating group) is 1. The van der Waals surface area contributed by atoms with E-state index in [9.17, 15) is 4.79 Å². The third-order valence-corrected chi connectivity index (χ3v) is 4.16. The van der Waals surface area contributed by atoms with Gasteiger partial charge in [-0.05, 0) is 50.9 Å². The van der Waals surface area contributed by atoms with E-state index < -0.39 is 0 Å². The molecule has 1 aromatic rings. The van der Waals surface area contributed by atoms with Gasteiger partial charge in [0.25, 0.3) is 0 Å². The van der Waals surface area contributed by atoms with Crippen molar-refractivity contribution in [3.8, 4) is 0 Å². The molecule has 1 unspecified atom stereocenters. The van der Waals surface area contributed by atoms with Crippen LogP contribution < -0.4 is 10.6 Å². The predicted octanol–water partition coefficient (Wildman–Crippen LogP) is 3.25. The summed E-state index contributed by atoms with van der Waals surface area (Å²) in [4.78, 5) is 14.3. The number of aryl methyl sites for hydroxylation is 1. The molecule has 1 fully saturated rings. The molecule has 1 aliphatic heterocycles. The molecule has 0 saturated carbocycles. The normalized spacial score (nSPS) is 18.9. The molecule has 1 heterocycles. The van der Waals surface area contributed by atoms with Crippen LogP contribution in [0.5, 0.6) is 0 Å². The van der Waals surface area contributed by atoms with Crippen LogP contribution in [0.1, 0.15) is 24.8 Å². The van der Waals surface area contributed by atoms with Crippen molar-refractivity contribution in [1.82, 2.24) is 10.2 Å². The lowest BCUT2D eigenvalue weighted by molar-refractivity contribution is 0.162. The molecule has 1 atom stereocenters. The summed E-state index contributed by atoms with van der Waals surface area (Å²) in [5.41, 5.74) is 1.76. The number of piperidine rings is 1. The van der Waals surface area contributed by atoms with Crippen molar-refractivity contribution in [2.75, 3.05) is 25.5 Å². The number of nitrogens with one attached hydrogen (secondary N) is 2. The second-order valence-electron chi connectivity index (χ2n) is 5.29. The molecule has 4 nitrogen and oxygen atoms in total. The minimum atomic E-state index is -0.0372. The van der Waals surface area contributed by atoms with Crippen molar-refractivity contribution in [3.05, 3.63) is 28.8 Å². The first-order chi connectivity index (χ1) is 9.61. The summed E-state index contributed by atoms with van der Waals surface area (Å²) in [6, 6.07) is 5.83. The molecule has 0 spiro atoms. The summed E-state index contributed by atoms with van der Waals surface area (Å²) in [7, 11) is 1.92. The molecule has 1 aromatic carbocycles. The van der Waals surface area contributed by atoms with Crippen molar-refractivity contribution in [2.45, 2.75) is 32.2 Å². The first kappa shape index (κ1) is 15.1. The molecule has 5 heteroatoms. The van der Waals surface area contributed by atoms with Crippen LogP contribution in [-0.4, -0.2) is 37.1 Å². The molecular weight excluding hydrogens is 274 g/mol. The third kappa shape index (κ3) is 3.64. The number of likely N-dealkylation sites (tertiary alicyclic amines) is 1. The van der Waals surface area contributed by atoms with Gasteiger partial charge in [0.1, 0.15) is 0 Å². The number of benzene rings is 1. The molecule has 0 aliphatic carbocycles. The van der Waals surface area contributed by atoms with Crippen LogP contribution in [0.2, 0.25) is 5.02 Å². The number of amides is 2. The lowest BCUT2D eigenvalue weighted by atomic mass is 10.0. The SMILES string of the molecule is CNCC1CCCCN1C(=O)Nc1ccc(C)c(Cl)c1. The molecule has 1 aliphatic rings. The highest BCUT2D eigenvalue weighted by Crippen LogP contribution is 2.22. The van der Waals surface area contributed by atoms with Crippen LogP contribution >= 0.6 is 11.6 Å². The summed E-state index contributed by atoms with van der Waals surface area (Å²) in [6.45, 7) is 3.60. The van der Waals surface area contributed by atoms with Gasteiger partial charge in [0.15, 0.2) is 0 Å². The number of rotatable bonds is 3. The fourth-order valence-electron chi connectivity index (χ4n) is 2.58. The van der Waals surface area contributed by atoms with Crippen LogP contribution in [0.15, 0.2) is 18.2 Å². The number of anilines is 1. The molecule has 2 N–H and O–H groups in total. The van der Waals surface area contributed by atoms with Gasteiger partial charge >= 0.3 is 6.03 Å². The quantitative estimate of drug-likeness (QED) is 0.899. The van der Waals surface area contributed by atoms with Gasteiger partial charge in [-0.15, -0.1) is 0 Å². The lowest BCUT2D eigenvalue weighted by Gasteiger charge is -2.35. The number of nitrogens with zero attached hydrogens (tertiary/aromatic N) is 1. The minimum Gasteiger partial charge on any atom is -0.320 e. The fourth-order valence-corrected chi connectivity index (χ4v) is 2.76. The van der Waals surface area contributed by atoms with E-state index in [0.29, 0.717) is 5.02 Å². The Morgan fingerprint density at radius 1 is 1.45 bits per heavy atom. The molecular formula is C15H22ClN3O. The maximum atomic E-state index is 12.4. The van der Waals surface area contributed by atoms with E-state index in [1.54, 1.807) is 6.07 Å². The lowest BCUT2D eigenvalue weighted by Crippen LogP contribution is -2.49. The van der Waals surface area contributed by atoms with Crippen molar-refractivity contribution in [3.63, 3.8) is 0 Å². The molecule has 2 amide bonds. The number of carbonyl (C=O) groups excluding carboxylic acids is 1. The summed E-state index contributed by atoms with van der Waals surface area (Å²) in [5, 5.41) is 6.78. The Kier molecular flexibility index (Phi) is 5.26. The zero-order valence-electron chi connectivity index (χ0n) is 12.1. The number of hydrogen-bond donors (Lipinski definition) is 2. The van der Waals surface area contributed by atoms with Crippen LogP contribution in [-0.2, 0) is 0 Å². The van der Waals surface area contributed by atoms with Crippen molar-refractivity contribution >= 4 is 23.3 Å². The zero-order valence-corrected chi connectivity index (χ0v) is 12.8. The average Bonchev–Trinajstić information content (AvgIpc) is 2.44. The summed E-state index contributed by atoms with van der Waals surface area (Å²) in [5.74, 6) is 0.